The van der Waals surface area contributed by atoms with Crippen molar-refractivity contribution < 1.29 is 29.4 Å². The number of anilines is 1. The number of non-ortho nitro benzene ring substituents is 1. The van der Waals surface area contributed by atoms with Crippen molar-refractivity contribution in [2.75, 3.05) is 19.5 Å². The van der Waals surface area contributed by atoms with Crippen molar-refractivity contribution >= 4 is 23.5 Å². The third kappa shape index (κ3) is 3.90. The maximum atomic E-state index is 13.4. The van der Waals surface area contributed by atoms with Gasteiger partial charge in [-0.15, -0.1) is 0 Å². The summed E-state index contributed by atoms with van der Waals surface area (Å²) in [5, 5.41) is 40.7. The molecule has 11 heteroatoms. The number of rotatable bonds is 6. The molecule has 4 rings (SSSR count). The third-order valence-electron chi connectivity index (χ3n) is 5.31. The molecule has 0 spiro atoms. The predicted octanol–water partition coefficient (Wildman–Crippen LogP) is 3.62. The molecule has 0 unspecified atom stereocenters. The fourth-order valence-electron chi connectivity index (χ4n) is 3.59. The summed E-state index contributed by atoms with van der Waals surface area (Å²) in [4.78, 5) is 24.0. The molecule has 0 radical (unpaired) electrons. The molecule has 11 nitrogen and oxygen atoms in total. The summed E-state index contributed by atoms with van der Waals surface area (Å²) in [5.41, 5.74) is 0.691. The first-order valence-electron chi connectivity index (χ1n) is 10.00. The predicted molar refractivity (Wildman–Crippen MR) is 123 cm³/mol. The van der Waals surface area contributed by atoms with E-state index in [1.165, 1.54) is 38.6 Å². The van der Waals surface area contributed by atoms with Gasteiger partial charge < -0.3 is 25.0 Å². The van der Waals surface area contributed by atoms with Gasteiger partial charge in [0, 0.05) is 23.3 Å². The summed E-state index contributed by atoms with van der Waals surface area (Å²) in [6, 6.07) is 13.3. The summed E-state index contributed by atoms with van der Waals surface area (Å²) in [6.45, 7) is 0. The van der Waals surface area contributed by atoms with Crippen LogP contribution in [0.2, 0.25) is 0 Å². The van der Waals surface area contributed by atoms with Gasteiger partial charge in [-0.2, -0.15) is 5.10 Å². The molecule has 0 aliphatic carbocycles. The Morgan fingerprint density at radius 1 is 1.06 bits per heavy atom. The lowest BCUT2D eigenvalue weighted by Crippen LogP contribution is -2.39. The number of carbonyl (C=O) groups excluding carboxylic acids is 1. The van der Waals surface area contributed by atoms with Crippen LogP contribution in [-0.2, 0) is 0 Å². The van der Waals surface area contributed by atoms with Crippen molar-refractivity contribution in [1.29, 1.82) is 0 Å². The van der Waals surface area contributed by atoms with Gasteiger partial charge in [0.2, 0.25) is 0 Å². The number of hydrogen-bond acceptors (Lipinski definition) is 9. The lowest BCUT2D eigenvalue weighted by molar-refractivity contribution is -0.384. The number of nitrogens with zero attached hydrogens (tertiary/aromatic N) is 3. The normalized spacial score (nSPS) is 15.1. The Balaban J connectivity index is 1.83. The van der Waals surface area contributed by atoms with Gasteiger partial charge in [0.25, 0.3) is 11.6 Å². The zero-order chi connectivity index (χ0) is 24.4. The number of ether oxygens (including phenoxy) is 2. The van der Waals surface area contributed by atoms with Gasteiger partial charge >= 0.3 is 0 Å². The molecule has 1 heterocycles. The number of methoxy groups -OCH3 is 2. The molecule has 1 aliphatic heterocycles. The first kappa shape index (κ1) is 22.4. The molecule has 1 amide bonds. The fraction of sp³-hybridized carbons (Fsp3) is 0.130. The molecule has 0 bridgehead atoms. The Kier molecular flexibility index (Phi) is 5.92. The molecule has 1 aliphatic rings. The van der Waals surface area contributed by atoms with E-state index in [9.17, 15) is 25.1 Å². The number of phenolic OH excluding ortho intramolecular Hbond substituents is 2. The lowest BCUT2D eigenvalue weighted by Gasteiger charge is -2.34. The van der Waals surface area contributed by atoms with E-state index in [0.717, 1.165) is 5.01 Å². The number of amides is 1. The Hall–Kier alpha value is -4.80. The van der Waals surface area contributed by atoms with Crippen molar-refractivity contribution in [1.82, 2.24) is 5.01 Å². The maximum absolute atomic E-state index is 13.4. The number of benzene rings is 3. The minimum Gasteiger partial charge on any atom is -0.504 e. The van der Waals surface area contributed by atoms with Crippen molar-refractivity contribution in [3.63, 3.8) is 0 Å². The first-order chi connectivity index (χ1) is 16.3. The molecule has 3 aromatic rings. The van der Waals surface area contributed by atoms with Crippen LogP contribution < -0.4 is 14.8 Å². The van der Waals surface area contributed by atoms with E-state index in [2.05, 4.69) is 10.4 Å². The van der Waals surface area contributed by atoms with E-state index >= 15 is 0 Å². The average Bonchev–Trinajstić information content (AvgIpc) is 2.84. The van der Waals surface area contributed by atoms with E-state index in [1.54, 1.807) is 36.4 Å². The minimum atomic E-state index is -1.04. The van der Waals surface area contributed by atoms with Crippen molar-refractivity contribution in [2.45, 2.75) is 6.17 Å². The van der Waals surface area contributed by atoms with Gasteiger partial charge in [-0.25, -0.2) is 5.01 Å². The molecule has 3 N–H and O–H groups in total. The molecule has 0 saturated carbocycles. The van der Waals surface area contributed by atoms with Gasteiger partial charge in [-0.1, -0.05) is 18.2 Å². The fourth-order valence-corrected chi connectivity index (χ4v) is 3.59. The largest absolute Gasteiger partial charge is 0.504 e. The van der Waals surface area contributed by atoms with Crippen molar-refractivity contribution in [2.24, 2.45) is 5.10 Å². The van der Waals surface area contributed by atoms with E-state index in [-0.39, 0.29) is 51.1 Å². The molecule has 3 aromatic carbocycles. The van der Waals surface area contributed by atoms with Crippen LogP contribution in [0.3, 0.4) is 0 Å². The standard InChI is InChI=1S/C23H20N4O7/c1-33-18-7-3-5-13(20(18)28)12-24-26-22(16-6-4-8-19(34-2)21(16)29)25-17-11-14(27(31)32)9-10-15(17)23(26)30/h3-12,22,25,28-29H,1-2H3/b24-12+/t22-/m1/s1. The number of nitro groups is 1. The Labute approximate surface area is 193 Å². The molecule has 34 heavy (non-hydrogen) atoms. The van der Waals surface area contributed by atoms with E-state index in [1.807, 2.05) is 0 Å². The third-order valence-corrected chi connectivity index (χ3v) is 5.31. The van der Waals surface area contributed by atoms with E-state index in [4.69, 9.17) is 9.47 Å². The van der Waals surface area contributed by atoms with Gasteiger partial charge in [-0.05, 0) is 24.3 Å². The first-order valence-corrected chi connectivity index (χ1v) is 10.00. The van der Waals surface area contributed by atoms with Gasteiger partial charge in [0.1, 0.15) is 0 Å². The van der Waals surface area contributed by atoms with E-state index in [0.29, 0.717) is 0 Å². The summed E-state index contributed by atoms with van der Waals surface area (Å²) >= 11 is 0. The molecule has 0 fully saturated rings. The Morgan fingerprint density at radius 3 is 2.41 bits per heavy atom. The van der Waals surface area contributed by atoms with Crippen LogP contribution in [0.15, 0.2) is 59.7 Å². The van der Waals surface area contributed by atoms with Crippen LogP contribution in [0.1, 0.15) is 27.7 Å². The number of aromatic hydroxyl groups is 2. The minimum absolute atomic E-state index is 0.149. The van der Waals surface area contributed by atoms with Crippen LogP contribution in [0.5, 0.6) is 23.0 Å². The number of nitrogens with one attached hydrogen (secondary N) is 1. The van der Waals surface area contributed by atoms with Crippen LogP contribution in [0, 0.1) is 10.1 Å². The number of hydrogen-bond donors (Lipinski definition) is 3. The van der Waals surface area contributed by atoms with Crippen molar-refractivity contribution in [3.8, 4) is 23.0 Å². The zero-order valence-corrected chi connectivity index (χ0v) is 18.1. The quantitative estimate of drug-likeness (QED) is 0.285. The second-order valence-electron chi connectivity index (χ2n) is 7.22. The molecular formula is C23H20N4O7. The number of nitro benzene ring substituents is 1. The summed E-state index contributed by atoms with van der Waals surface area (Å²) < 4.78 is 10.3. The number of phenols is 2. The molecule has 0 aromatic heterocycles. The van der Waals surface area contributed by atoms with Crippen LogP contribution in [-0.4, -0.2) is 46.5 Å². The van der Waals surface area contributed by atoms with Crippen molar-refractivity contribution in [3.05, 3.63) is 81.4 Å². The smallest absolute Gasteiger partial charge is 0.278 e. The highest BCUT2D eigenvalue weighted by atomic mass is 16.6. The van der Waals surface area contributed by atoms with Crippen LogP contribution in [0.25, 0.3) is 0 Å². The highest BCUT2D eigenvalue weighted by Gasteiger charge is 2.36. The number of fused-ring (bicyclic) bond motifs is 1. The van der Waals surface area contributed by atoms with Crippen LogP contribution >= 0.6 is 0 Å². The summed E-state index contributed by atoms with van der Waals surface area (Å²) in [5.74, 6) is -0.566. The van der Waals surface area contributed by atoms with Gasteiger partial charge in [-0.3, -0.25) is 14.9 Å². The molecule has 174 valence electrons. The average molecular weight is 464 g/mol. The Morgan fingerprint density at radius 2 is 1.74 bits per heavy atom. The molecule has 0 saturated heterocycles. The summed E-state index contributed by atoms with van der Waals surface area (Å²) in [6.07, 6.45) is 0.235. The highest BCUT2D eigenvalue weighted by molar-refractivity contribution is 6.02. The SMILES string of the molecule is COc1cccc(/C=N/N2C(=O)c3ccc([N+](=O)[O-])cc3N[C@H]2c2cccc(OC)c2O)c1O. The van der Waals surface area contributed by atoms with Gasteiger partial charge in [0.15, 0.2) is 29.2 Å². The van der Waals surface area contributed by atoms with Crippen LogP contribution in [0.4, 0.5) is 11.4 Å². The molecule has 1 atom stereocenters. The zero-order valence-electron chi connectivity index (χ0n) is 18.1. The highest BCUT2D eigenvalue weighted by Crippen LogP contribution is 2.41. The topological polar surface area (TPSA) is 147 Å². The number of hydrazone groups is 1. The number of carbonyl (C=O) groups is 1. The second kappa shape index (κ2) is 8.98. The summed E-state index contributed by atoms with van der Waals surface area (Å²) in [7, 11) is 2.80. The van der Waals surface area contributed by atoms with E-state index < -0.39 is 17.0 Å². The lowest BCUT2D eigenvalue weighted by atomic mass is 10.0. The monoisotopic (exact) mass is 464 g/mol. The second-order valence-corrected chi connectivity index (χ2v) is 7.22. The molecular weight excluding hydrogens is 444 g/mol. The maximum Gasteiger partial charge on any atom is 0.278 e. The number of para-hydroxylation sites is 2. The Bertz CT molecular complexity index is 1310. The van der Waals surface area contributed by atoms with Gasteiger partial charge in [0.05, 0.1) is 36.6 Å².